The van der Waals surface area contributed by atoms with Crippen LogP contribution in [0.3, 0.4) is 0 Å². The third-order valence-corrected chi connectivity index (χ3v) is 34.0. The van der Waals surface area contributed by atoms with Crippen LogP contribution in [0.2, 0.25) is 10.0 Å². The molecule has 708 valence electrons. The second kappa shape index (κ2) is 43.6. The number of aliphatic hydroxyl groups excluding tert-OH is 2. The zero-order chi connectivity index (χ0) is 94.8. The Hall–Kier alpha value is -9.92. The van der Waals surface area contributed by atoms with E-state index in [9.17, 15) is 43.9 Å². The summed E-state index contributed by atoms with van der Waals surface area (Å²) < 4.78 is 118. The first-order valence-electron chi connectivity index (χ1n) is 45.9. The number of hydrogen-bond acceptors (Lipinski definition) is 20. The number of aryl methyl sites for hydroxylation is 2. The number of piperazine rings is 2. The first kappa shape index (κ1) is 98.6. The Balaban J connectivity index is 0.000000204. The van der Waals surface area contributed by atoms with Gasteiger partial charge in [0, 0.05) is 229 Å². The fraction of sp³-hybridized carbons (Fsp3) is 0.346. The van der Waals surface area contributed by atoms with Gasteiger partial charge in [-0.3, -0.25) is 9.44 Å². The maximum absolute atomic E-state index is 13.7. The first-order chi connectivity index (χ1) is 64.2. The molecule has 4 aliphatic heterocycles. The molecule has 134 heavy (non-hydrogen) atoms. The van der Waals surface area contributed by atoms with Gasteiger partial charge < -0.3 is 59.4 Å². The van der Waals surface area contributed by atoms with Gasteiger partial charge in [-0.05, 0) is 271 Å². The number of aromatic nitrogens is 2. The normalized spacial score (nSPS) is 15.8. The van der Waals surface area contributed by atoms with E-state index in [1.807, 2.05) is 221 Å². The molecule has 4 saturated heterocycles. The van der Waals surface area contributed by atoms with Crippen LogP contribution in [0.4, 0.5) is 45.5 Å². The number of anilines is 8. The number of thioether (sulfide) groups is 2. The summed E-state index contributed by atoms with van der Waals surface area (Å²) in [6.45, 7) is 23.2. The highest BCUT2D eigenvalue weighted by atomic mass is 35.5. The van der Waals surface area contributed by atoms with Crippen LogP contribution < -0.4 is 39.7 Å². The van der Waals surface area contributed by atoms with Crippen molar-refractivity contribution in [3.63, 3.8) is 0 Å². The van der Waals surface area contributed by atoms with E-state index in [2.05, 4.69) is 129 Å². The standard InChI is InChI=1S/C53H63ClN6O5S3.C51H59ClN6O5S3/c1-37(2)60-39(4)53(67(5,62)63)51(52(60)40-14-16-42(54)17-15-40)41-10-9-11-46(35-41)59-32-30-58(31-33-59)45-20-18-43(19-21-45)56-68(64,65)49-22-23-50(38(3)34-49)55-44(36-66-48-12-7-6-8-13-48)24-27-57-28-25-47(61)26-29-57;1-36-33-47(21-22-48(36)53-42(35-64-46-11-6-5-7-12-46)23-26-56-27-24-45(59)25-28-56)66(62,63)54-41-17-19-43(20-18-41)57-29-31-58(32-30-57)44-10-8-9-39(34-44)49-50(38-13-15-40(52)16-14-38)55(3)37(2)51(49)65(4,60)61/h6-23,34-35,37,44,47,55-56,61H,24-33,36H2,1-5H3;5-22,33-34,42,45,53-54,59H,23-32,35H2,1-4H3/t44-;42-/m11/s1. The number of sulfonamides is 2. The summed E-state index contributed by atoms with van der Waals surface area (Å²) >= 11 is 16.1. The molecule has 0 unspecified atom stereocenters. The molecule has 2 atom stereocenters. The van der Waals surface area contributed by atoms with Crippen LogP contribution in [-0.4, -0.2) is 203 Å². The van der Waals surface area contributed by atoms with Gasteiger partial charge in [0.15, 0.2) is 19.7 Å². The number of halogens is 2. The highest BCUT2D eigenvalue weighted by Crippen LogP contribution is 2.47. The lowest BCUT2D eigenvalue weighted by molar-refractivity contribution is 0.0815. The van der Waals surface area contributed by atoms with Gasteiger partial charge in [0.05, 0.1) is 43.2 Å². The summed E-state index contributed by atoms with van der Waals surface area (Å²) in [5.41, 5.74) is 16.4. The molecule has 6 heterocycles. The molecule has 6 N–H and O–H groups in total. The van der Waals surface area contributed by atoms with Crippen LogP contribution in [-0.2, 0) is 46.8 Å². The molecule has 2 aromatic heterocycles. The minimum Gasteiger partial charge on any atom is -0.393 e. The van der Waals surface area contributed by atoms with E-state index in [-0.39, 0.29) is 40.1 Å². The van der Waals surface area contributed by atoms with Crippen molar-refractivity contribution in [2.45, 2.75) is 140 Å². The van der Waals surface area contributed by atoms with E-state index >= 15 is 0 Å². The van der Waals surface area contributed by atoms with Crippen molar-refractivity contribution >= 4 is 132 Å². The van der Waals surface area contributed by atoms with Gasteiger partial charge >= 0.3 is 0 Å². The van der Waals surface area contributed by atoms with Crippen molar-refractivity contribution in [3.05, 3.63) is 275 Å². The summed E-state index contributed by atoms with van der Waals surface area (Å²) in [4.78, 5) is 17.5. The Labute approximate surface area is 810 Å². The molecule has 4 fully saturated rings. The largest absolute Gasteiger partial charge is 0.393 e. The molecule has 0 radical (unpaired) electrons. The van der Waals surface area contributed by atoms with Gasteiger partial charge in [0.2, 0.25) is 0 Å². The number of hydrogen-bond donors (Lipinski definition) is 6. The van der Waals surface area contributed by atoms with Crippen molar-refractivity contribution in [2.24, 2.45) is 7.05 Å². The van der Waals surface area contributed by atoms with E-state index in [4.69, 9.17) is 23.2 Å². The van der Waals surface area contributed by atoms with Crippen molar-refractivity contribution in [2.75, 3.05) is 155 Å². The van der Waals surface area contributed by atoms with Crippen molar-refractivity contribution in [1.82, 2.24) is 18.9 Å². The molecule has 4 aliphatic rings. The van der Waals surface area contributed by atoms with E-state index in [0.717, 1.165) is 221 Å². The highest BCUT2D eigenvalue weighted by molar-refractivity contribution is 7.99. The molecule has 22 nitrogen and oxygen atoms in total. The summed E-state index contributed by atoms with van der Waals surface area (Å²) in [6.07, 6.45) is 7.23. The van der Waals surface area contributed by atoms with Gasteiger partial charge in [-0.1, -0.05) is 108 Å². The molecular formula is C104H122Cl2N12O10S6. The van der Waals surface area contributed by atoms with E-state index < -0.39 is 39.7 Å². The highest BCUT2D eigenvalue weighted by Gasteiger charge is 2.34. The van der Waals surface area contributed by atoms with Crippen LogP contribution in [0.15, 0.2) is 272 Å². The third kappa shape index (κ3) is 24.5. The quantitative estimate of drug-likeness (QED) is 0.0209. The average molecular weight is 1960 g/mol. The maximum atomic E-state index is 13.7. The predicted molar refractivity (Wildman–Crippen MR) is 555 cm³/mol. The zero-order valence-electron chi connectivity index (χ0n) is 77.5. The number of likely N-dealkylation sites (tertiary alicyclic amines) is 2. The number of aliphatic hydroxyl groups is 2. The summed E-state index contributed by atoms with van der Waals surface area (Å²) in [6, 6.07) is 78.0. The lowest BCUT2D eigenvalue weighted by atomic mass is 10.00. The van der Waals surface area contributed by atoms with Gasteiger partial charge in [0.1, 0.15) is 0 Å². The number of nitrogens with zero attached hydrogens (tertiary/aromatic N) is 8. The lowest BCUT2D eigenvalue weighted by Gasteiger charge is -2.37. The van der Waals surface area contributed by atoms with Gasteiger partial charge in [-0.25, -0.2) is 33.7 Å². The molecule has 0 saturated carbocycles. The topological polar surface area (TPSA) is 254 Å². The minimum absolute atomic E-state index is 0.0113. The number of rotatable bonds is 33. The molecule has 30 heteroatoms. The smallest absolute Gasteiger partial charge is 0.261 e. The Morgan fingerprint density at radius 2 is 0.754 bits per heavy atom. The Kier molecular flexibility index (Phi) is 32.1. The molecular weight excluding hydrogens is 1840 g/mol. The summed E-state index contributed by atoms with van der Waals surface area (Å²) in [5, 5.41) is 28.7. The molecule has 0 spiro atoms. The summed E-state index contributed by atoms with van der Waals surface area (Å²) in [5.74, 6) is 1.72. The number of piperidine rings is 2. The van der Waals surface area contributed by atoms with Crippen LogP contribution in [0.25, 0.3) is 44.8 Å². The van der Waals surface area contributed by atoms with Crippen molar-refractivity contribution < 1.29 is 43.9 Å². The molecule has 0 aliphatic carbocycles. The number of nitrogens with one attached hydrogen (secondary N) is 4. The van der Waals surface area contributed by atoms with E-state index in [1.165, 1.54) is 22.3 Å². The Morgan fingerprint density at radius 1 is 0.396 bits per heavy atom. The van der Waals surface area contributed by atoms with Crippen LogP contribution >= 0.6 is 46.7 Å². The SMILES string of the molecule is Cc1cc(S(=O)(=O)Nc2ccc(N3CCN(c4cccc(-c5c(S(C)(=O)=O)c(C)n(C(C)C)c5-c5ccc(Cl)cc5)c4)CC3)cc2)ccc1N[C@H](CCN1CCC(O)CC1)CSc1ccccc1.Cc1cc(S(=O)(=O)Nc2ccc(N3CCN(c4cccc(-c5c(S(C)(=O)=O)c(C)n(C)c5-c5ccc(Cl)cc5)c4)CC3)cc2)ccc1N[C@H](CCN1CCC(O)CC1)CSc1ccccc1. The van der Waals surface area contributed by atoms with E-state index in [0.29, 0.717) is 53.7 Å². The van der Waals surface area contributed by atoms with Crippen molar-refractivity contribution in [1.29, 1.82) is 0 Å². The first-order valence-corrected chi connectivity index (χ1v) is 55.4. The average Bonchev–Trinajstić information content (AvgIpc) is 1.58. The molecule has 12 aromatic rings. The second-order valence-corrected chi connectivity index (χ2v) is 46.1. The number of sulfone groups is 2. The summed E-state index contributed by atoms with van der Waals surface area (Å²) in [7, 11) is -13.0. The van der Waals surface area contributed by atoms with E-state index in [1.54, 1.807) is 24.3 Å². The van der Waals surface area contributed by atoms with Crippen LogP contribution in [0, 0.1) is 27.7 Å². The zero-order valence-corrected chi connectivity index (χ0v) is 83.9. The predicted octanol–water partition coefficient (Wildman–Crippen LogP) is 20.2. The molecule has 10 aromatic carbocycles. The fourth-order valence-corrected chi connectivity index (χ4v) is 25.6. The lowest BCUT2D eigenvalue weighted by Crippen LogP contribution is -2.46. The minimum atomic E-state index is -3.86. The number of benzene rings is 10. The second-order valence-electron chi connectivity index (χ2n) is 35.8. The van der Waals surface area contributed by atoms with Crippen LogP contribution in [0.5, 0.6) is 0 Å². The molecule has 16 rings (SSSR count). The Morgan fingerprint density at radius 3 is 1.12 bits per heavy atom. The third-order valence-electron chi connectivity index (χ3n) is 25.9. The van der Waals surface area contributed by atoms with Gasteiger partial charge in [0.25, 0.3) is 20.0 Å². The van der Waals surface area contributed by atoms with Crippen molar-refractivity contribution in [3.8, 4) is 44.8 Å². The van der Waals surface area contributed by atoms with Gasteiger partial charge in [-0.15, -0.1) is 23.5 Å². The Bertz CT molecular complexity index is 6530. The monoisotopic (exact) mass is 1960 g/mol. The molecule has 0 amide bonds. The van der Waals surface area contributed by atoms with Crippen LogP contribution in [0.1, 0.15) is 80.9 Å². The maximum Gasteiger partial charge on any atom is 0.261 e. The molecule has 0 bridgehead atoms. The fourth-order valence-electron chi connectivity index (χ4n) is 18.6. The van der Waals surface area contributed by atoms with Gasteiger partial charge in [-0.2, -0.15) is 0 Å².